The Kier molecular flexibility index (Phi) is 3.58. The van der Waals surface area contributed by atoms with Crippen LogP contribution in [0.5, 0.6) is 0 Å². The standard InChI is InChI=1S/C20H14ClNO2/c21-16-7-3-1-5-12(16)11-13-9-10-15-18(20(23)24)14-6-2-4-8-17(14)22-19(13)15/h1-8,11H,9-10H2,(H,23,24)/p-1/b13-11+. The van der Waals surface area contributed by atoms with Gasteiger partial charge in [-0.1, -0.05) is 48.0 Å². The molecule has 1 aliphatic rings. The number of halogens is 1. The van der Waals surface area contributed by atoms with E-state index < -0.39 is 5.97 Å². The van der Waals surface area contributed by atoms with Gasteiger partial charge in [-0.05, 0) is 47.8 Å². The Morgan fingerprint density at radius 2 is 1.83 bits per heavy atom. The number of carboxylic acid groups (broad SMARTS) is 1. The summed E-state index contributed by atoms with van der Waals surface area (Å²) in [7, 11) is 0. The Hall–Kier alpha value is -2.65. The number of nitrogens with zero attached hydrogens (tertiary/aromatic N) is 1. The van der Waals surface area contributed by atoms with E-state index in [1.165, 1.54) is 0 Å². The average Bonchev–Trinajstić information content (AvgIpc) is 2.97. The van der Waals surface area contributed by atoms with Crippen LogP contribution in [0, 0.1) is 0 Å². The number of hydrogen-bond donors (Lipinski definition) is 0. The molecule has 3 aromatic rings. The lowest BCUT2D eigenvalue weighted by Gasteiger charge is -2.13. The minimum atomic E-state index is -1.15. The highest BCUT2D eigenvalue weighted by Gasteiger charge is 2.24. The average molecular weight is 335 g/mol. The fourth-order valence-electron chi connectivity index (χ4n) is 3.29. The second-order valence-electron chi connectivity index (χ2n) is 5.81. The molecule has 4 rings (SSSR count). The Labute approximate surface area is 144 Å². The fraction of sp³-hybridized carbons (Fsp3) is 0.100. The lowest BCUT2D eigenvalue weighted by Crippen LogP contribution is -2.24. The van der Waals surface area contributed by atoms with Crippen molar-refractivity contribution < 1.29 is 9.90 Å². The normalized spacial score (nSPS) is 15.0. The first-order chi connectivity index (χ1) is 11.6. The minimum Gasteiger partial charge on any atom is -0.545 e. The van der Waals surface area contributed by atoms with E-state index in [0.717, 1.165) is 28.8 Å². The minimum absolute atomic E-state index is 0.262. The van der Waals surface area contributed by atoms with Gasteiger partial charge in [0.15, 0.2) is 0 Å². The van der Waals surface area contributed by atoms with Gasteiger partial charge in [0.05, 0.1) is 17.2 Å². The number of hydrogen-bond acceptors (Lipinski definition) is 3. The number of fused-ring (bicyclic) bond motifs is 2. The van der Waals surface area contributed by atoms with Crippen molar-refractivity contribution >= 4 is 40.1 Å². The Morgan fingerprint density at radius 3 is 2.62 bits per heavy atom. The molecule has 24 heavy (non-hydrogen) atoms. The lowest BCUT2D eigenvalue weighted by molar-refractivity contribution is -0.254. The first-order valence-electron chi connectivity index (χ1n) is 7.73. The third-order valence-electron chi connectivity index (χ3n) is 4.38. The summed E-state index contributed by atoms with van der Waals surface area (Å²) in [4.78, 5) is 16.4. The fourth-order valence-corrected chi connectivity index (χ4v) is 3.48. The summed E-state index contributed by atoms with van der Waals surface area (Å²) in [5.41, 5.74) is 4.35. The van der Waals surface area contributed by atoms with Crippen molar-refractivity contribution in [3.63, 3.8) is 0 Å². The molecule has 0 unspecified atom stereocenters. The zero-order valence-electron chi connectivity index (χ0n) is 12.8. The first-order valence-corrected chi connectivity index (χ1v) is 8.11. The zero-order chi connectivity index (χ0) is 16.7. The van der Waals surface area contributed by atoms with Crippen LogP contribution in [0.3, 0.4) is 0 Å². The molecule has 1 aliphatic carbocycles. The summed E-state index contributed by atoms with van der Waals surface area (Å²) < 4.78 is 0. The van der Waals surface area contributed by atoms with E-state index in [-0.39, 0.29) is 5.56 Å². The number of aromatic nitrogens is 1. The number of carbonyl (C=O) groups is 1. The molecule has 0 aliphatic heterocycles. The number of aromatic carboxylic acids is 1. The maximum Gasteiger partial charge on any atom is 0.0725 e. The molecule has 0 amide bonds. The van der Waals surface area contributed by atoms with Crippen molar-refractivity contribution in [3.8, 4) is 0 Å². The van der Waals surface area contributed by atoms with E-state index >= 15 is 0 Å². The van der Waals surface area contributed by atoms with E-state index in [9.17, 15) is 9.90 Å². The molecule has 4 heteroatoms. The number of rotatable bonds is 2. The summed E-state index contributed by atoms with van der Waals surface area (Å²) >= 11 is 6.24. The molecule has 0 fully saturated rings. The second-order valence-corrected chi connectivity index (χ2v) is 6.22. The summed E-state index contributed by atoms with van der Waals surface area (Å²) in [6.45, 7) is 0. The van der Waals surface area contributed by atoms with Crippen LogP contribution in [-0.2, 0) is 6.42 Å². The maximum atomic E-state index is 11.7. The van der Waals surface area contributed by atoms with Gasteiger partial charge in [0.25, 0.3) is 0 Å². The van der Waals surface area contributed by atoms with Crippen molar-refractivity contribution in [2.24, 2.45) is 0 Å². The number of pyridine rings is 1. The molecular formula is C20H13ClNO2-. The topological polar surface area (TPSA) is 53.0 Å². The number of carbonyl (C=O) groups excluding carboxylic acids is 1. The van der Waals surface area contributed by atoms with Gasteiger partial charge in [0, 0.05) is 16.0 Å². The van der Waals surface area contributed by atoms with Gasteiger partial charge in [-0.25, -0.2) is 4.98 Å². The van der Waals surface area contributed by atoms with Crippen molar-refractivity contribution in [2.45, 2.75) is 12.8 Å². The molecule has 1 heterocycles. The van der Waals surface area contributed by atoms with Crippen LogP contribution >= 0.6 is 11.6 Å². The number of allylic oxidation sites excluding steroid dienone is 1. The number of carboxylic acids is 1. The zero-order valence-corrected chi connectivity index (χ0v) is 13.5. The molecule has 118 valence electrons. The monoisotopic (exact) mass is 334 g/mol. The summed E-state index contributed by atoms with van der Waals surface area (Å²) in [5.74, 6) is -1.15. The third-order valence-corrected chi connectivity index (χ3v) is 4.73. The highest BCUT2D eigenvalue weighted by molar-refractivity contribution is 6.32. The predicted molar refractivity (Wildman–Crippen MR) is 93.7 cm³/mol. The van der Waals surface area contributed by atoms with Crippen LogP contribution in [0.2, 0.25) is 5.02 Å². The highest BCUT2D eigenvalue weighted by Crippen LogP contribution is 2.37. The lowest BCUT2D eigenvalue weighted by atomic mass is 10.0. The van der Waals surface area contributed by atoms with E-state index in [4.69, 9.17) is 16.6 Å². The van der Waals surface area contributed by atoms with Gasteiger partial charge in [0.2, 0.25) is 0 Å². The molecule has 0 saturated heterocycles. The molecule has 0 radical (unpaired) electrons. The van der Waals surface area contributed by atoms with Crippen LogP contribution in [0.4, 0.5) is 0 Å². The third kappa shape index (κ3) is 2.38. The number of benzene rings is 2. The molecule has 1 aromatic heterocycles. The Balaban J connectivity index is 1.96. The van der Waals surface area contributed by atoms with Crippen LogP contribution < -0.4 is 5.11 Å². The van der Waals surface area contributed by atoms with E-state index in [0.29, 0.717) is 22.3 Å². The van der Waals surface area contributed by atoms with Crippen molar-refractivity contribution in [3.05, 3.63) is 75.9 Å². The molecule has 0 N–H and O–H groups in total. The Bertz CT molecular complexity index is 1010. The molecular weight excluding hydrogens is 322 g/mol. The molecule has 0 atom stereocenters. The van der Waals surface area contributed by atoms with Gasteiger partial charge in [-0.3, -0.25) is 0 Å². The molecule has 0 spiro atoms. The van der Waals surface area contributed by atoms with Crippen molar-refractivity contribution in [1.82, 2.24) is 4.98 Å². The predicted octanol–water partition coefficient (Wildman–Crippen LogP) is 3.74. The number of para-hydroxylation sites is 1. The van der Waals surface area contributed by atoms with Crippen LogP contribution in [0.25, 0.3) is 22.6 Å². The van der Waals surface area contributed by atoms with Gasteiger partial charge in [-0.15, -0.1) is 0 Å². The van der Waals surface area contributed by atoms with E-state index in [2.05, 4.69) is 0 Å². The van der Waals surface area contributed by atoms with Gasteiger partial charge in [0.1, 0.15) is 0 Å². The molecule has 3 nitrogen and oxygen atoms in total. The second kappa shape index (κ2) is 5.77. The van der Waals surface area contributed by atoms with E-state index in [1.54, 1.807) is 6.07 Å². The quantitative estimate of drug-likeness (QED) is 0.717. The molecule has 2 aromatic carbocycles. The summed E-state index contributed by atoms with van der Waals surface area (Å²) in [6.07, 6.45) is 3.38. The van der Waals surface area contributed by atoms with Crippen molar-refractivity contribution in [2.75, 3.05) is 0 Å². The van der Waals surface area contributed by atoms with E-state index in [1.807, 2.05) is 48.5 Å². The van der Waals surface area contributed by atoms with Gasteiger partial charge in [-0.2, -0.15) is 0 Å². The van der Waals surface area contributed by atoms with Crippen molar-refractivity contribution in [1.29, 1.82) is 0 Å². The highest BCUT2D eigenvalue weighted by atomic mass is 35.5. The largest absolute Gasteiger partial charge is 0.545 e. The summed E-state index contributed by atoms with van der Waals surface area (Å²) in [6, 6.07) is 14.9. The Morgan fingerprint density at radius 1 is 1.08 bits per heavy atom. The first kappa shape index (κ1) is 14.9. The maximum absolute atomic E-state index is 11.7. The smallest absolute Gasteiger partial charge is 0.0725 e. The molecule has 0 bridgehead atoms. The molecule has 0 saturated carbocycles. The van der Waals surface area contributed by atoms with Crippen LogP contribution in [0.1, 0.15) is 33.6 Å². The van der Waals surface area contributed by atoms with Crippen LogP contribution in [0.15, 0.2) is 48.5 Å². The van der Waals surface area contributed by atoms with Gasteiger partial charge >= 0.3 is 0 Å². The van der Waals surface area contributed by atoms with Crippen LogP contribution in [-0.4, -0.2) is 11.0 Å². The van der Waals surface area contributed by atoms with Gasteiger partial charge < -0.3 is 9.90 Å². The summed E-state index contributed by atoms with van der Waals surface area (Å²) in [5, 5.41) is 13.0. The SMILES string of the molecule is O=C([O-])c1c2c(nc3ccccc13)/C(=C/c1ccccc1Cl)CC2.